The minimum atomic E-state index is -0.235. The molecule has 6 heteroatoms. The number of hydrogen-bond donors (Lipinski definition) is 1. The Morgan fingerprint density at radius 3 is 2.50 bits per heavy atom. The summed E-state index contributed by atoms with van der Waals surface area (Å²) in [6, 6.07) is 12.4. The molecule has 0 aromatic heterocycles. The molecule has 2 aromatic rings. The number of carbonyl (C=O) groups excluding carboxylic acids is 1. The first-order chi connectivity index (χ1) is 13.6. The Labute approximate surface area is 165 Å². The van der Waals surface area contributed by atoms with E-state index in [0.717, 1.165) is 12.8 Å². The highest BCUT2D eigenvalue weighted by Gasteiger charge is 2.30. The van der Waals surface area contributed by atoms with Crippen LogP contribution in [0.1, 0.15) is 32.3 Å². The van der Waals surface area contributed by atoms with Crippen molar-refractivity contribution in [3.05, 3.63) is 53.8 Å². The summed E-state index contributed by atoms with van der Waals surface area (Å²) < 4.78 is 25.1. The SMILES string of the molecule is CCOc1ccc(NC(=O)CN(Cc2ccccc2F)C2CC2)cc1OCC. The molecule has 0 heterocycles. The number of hydrogen-bond acceptors (Lipinski definition) is 4. The van der Waals surface area contributed by atoms with Crippen molar-refractivity contribution in [1.29, 1.82) is 0 Å². The van der Waals surface area contributed by atoms with E-state index in [1.807, 2.05) is 24.8 Å². The third-order valence-electron chi connectivity index (χ3n) is 4.57. The lowest BCUT2D eigenvalue weighted by molar-refractivity contribution is -0.117. The second kappa shape index (κ2) is 9.55. The molecule has 1 aliphatic carbocycles. The molecule has 0 saturated heterocycles. The molecule has 1 N–H and O–H groups in total. The van der Waals surface area contributed by atoms with Crippen LogP contribution in [0.3, 0.4) is 0 Å². The maximum atomic E-state index is 14.0. The van der Waals surface area contributed by atoms with Crippen molar-refractivity contribution in [2.45, 2.75) is 39.3 Å². The van der Waals surface area contributed by atoms with Crippen molar-refractivity contribution in [3.63, 3.8) is 0 Å². The third kappa shape index (κ3) is 5.45. The molecule has 5 nitrogen and oxygen atoms in total. The zero-order valence-corrected chi connectivity index (χ0v) is 16.4. The molecule has 3 rings (SSSR count). The number of halogens is 1. The van der Waals surface area contributed by atoms with Gasteiger partial charge in [-0.1, -0.05) is 18.2 Å². The van der Waals surface area contributed by atoms with Gasteiger partial charge in [-0.2, -0.15) is 0 Å². The van der Waals surface area contributed by atoms with E-state index in [1.54, 1.807) is 30.3 Å². The average Bonchev–Trinajstić information content (AvgIpc) is 3.50. The van der Waals surface area contributed by atoms with Crippen LogP contribution in [0, 0.1) is 5.82 Å². The first-order valence-corrected chi connectivity index (χ1v) is 9.77. The Hall–Kier alpha value is -2.60. The summed E-state index contributed by atoms with van der Waals surface area (Å²) in [5.41, 5.74) is 1.26. The van der Waals surface area contributed by atoms with Gasteiger partial charge in [-0.3, -0.25) is 9.69 Å². The highest BCUT2D eigenvalue weighted by atomic mass is 19.1. The summed E-state index contributed by atoms with van der Waals surface area (Å²) in [6.07, 6.45) is 2.08. The normalized spacial score (nSPS) is 13.4. The van der Waals surface area contributed by atoms with E-state index in [-0.39, 0.29) is 18.3 Å². The molecule has 1 amide bonds. The first-order valence-electron chi connectivity index (χ1n) is 9.77. The van der Waals surface area contributed by atoms with Crippen molar-refractivity contribution in [2.24, 2.45) is 0 Å². The molecule has 0 spiro atoms. The van der Waals surface area contributed by atoms with Gasteiger partial charge in [0.1, 0.15) is 5.82 Å². The van der Waals surface area contributed by atoms with E-state index < -0.39 is 0 Å². The molecule has 0 unspecified atom stereocenters. The van der Waals surface area contributed by atoms with Crippen molar-refractivity contribution in [1.82, 2.24) is 4.90 Å². The minimum Gasteiger partial charge on any atom is -0.490 e. The maximum absolute atomic E-state index is 14.0. The van der Waals surface area contributed by atoms with Crippen LogP contribution >= 0.6 is 0 Å². The van der Waals surface area contributed by atoms with Crippen LogP contribution < -0.4 is 14.8 Å². The van der Waals surface area contributed by atoms with Crippen LogP contribution in [0.4, 0.5) is 10.1 Å². The zero-order chi connectivity index (χ0) is 19.9. The van der Waals surface area contributed by atoms with Crippen LogP contribution in [0.15, 0.2) is 42.5 Å². The lowest BCUT2D eigenvalue weighted by atomic mass is 10.2. The Morgan fingerprint density at radius 1 is 1.11 bits per heavy atom. The maximum Gasteiger partial charge on any atom is 0.238 e. The summed E-state index contributed by atoms with van der Waals surface area (Å²) in [6.45, 7) is 5.51. The minimum absolute atomic E-state index is 0.130. The summed E-state index contributed by atoms with van der Waals surface area (Å²) in [7, 11) is 0. The second-order valence-electron chi connectivity index (χ2n) is 6.80. The summed E-state index contributed by atoms with van der Waals surface area (Å²) in [5, 5.41) is 2.91. The summed E-state index contributed by atoms with van der Waals surface area (Å²) in [5.74, 6) is 0.894. The molecular formula is C22H27FN2O3. The second-order valence-corrected chi connectivity index (χ2v) is 6.80. The Morgan fingerprint density at radius 2 is 1.82 bits per heavy atom. The van der Waals surface area contributed by atoms with Crippen molar-refractivity contribution < 1.29 is 18.7 Å². The van der Waals surface area contributed by atoms with Gasteiger partial charge in [-0.15, -0.1) is 0 Å². The number of benzene rings is 2. The smallest absolute Gasteiger partial charge is 0.238 e. The van der Waals surface area contributed by atoms with Gasteiger partial charge >= 0.3 is 0 Å². The molecule has 150 valence electrons. The van der Waals surface area contributed by atoms with Crippen molar-refractivity contribution in [3.8, 4) is 11.5 Å². The van der Waals surface area contributed by atoms with Crippen LogP contribution in [0.2, 0.25) is 0 Å². The van der Waals surface area contributed by atoms with Gasteiger partial charge in [0.2, 0.25) is 5.91 Å². The predicted octanol–water partition coefficient (Wildman–Crippen LogP) is 4.23. The van der Waals surface area contributed by atoms with Gasteiger partial charge < -0.3 is 14.8 Å². The van der Waals surface area contributed by atoms with Crippen LogP contribution in [0.5, 0.6) is 11.5 Å². The quantitative estimate of drug-likeness (QED) is 0.664. The number of nitrogens with one attached hydrogen (secondary N) is 1. The van der Waals surface area contributed by atoms with Crippen LogP contribution in [-0.4, -0.2) is 36.6 Å². The van der Waals surface area contributed by atoms with Gasteiger partial charge in [0, 0.05) is 29.9 Å². The first kappa shape index (κ1) is 20.1. The molecule has 0 radical (unpaired) electrons. The molecular weight excluding hydrogens is 359 g/mol. The van der Waals surface area contributed by atoms with E-state index in [9.17, 15) is 9.18 Å². The van der Waals surface area contributed by atoms with Crippen molar-refractivity contribution >= 4 is 11.6 Å². The van der Waals surface area contributed by atoms with Gasteiger partial charge in [0.05, 0.1) is 19.8 Å². The predicted molar refractivity (Wildman–Crippen MR) is 107 cm³/mol. The highest BCUT2D eigenvalue weighted by Crippen LogP contribution is 2.31. The monoisotopic (exact) mass is 386 g/mol. The van der Waals surface area contributed by atoms with E-state index in [4.69, 9.17) is 9.47 Å². The molecule has 2 aromatic carbocycles. The number of nitrogens with zero attached hydrogens (tertiary/aromatic N) is 1. The standard InChI is InChI=1S/C22H27FN2O3/c1-3-27-20-12-9-17(13-21(20)28-4-2)24-22(26)15-25(18-10-11-18)14-16-7-5-6-8-19(16)23/h5-9,12-13,18H,3-4,10-11,14-15H2,1-2H3,(H,24,26). The topological polar surface area (TPSA) is 50.8 Å². The Kier molecular flexibility index (Phi) is 6.87. The van der Waals surface area contributed by atoms with E-state index >= 15 is 0 Å². The largest absolute Gasteiger partial charge is 0.490 e. The summed E-state index contributed by atoms with van der Waals surface area (Å²) >= 11 is 0. The number of carbonyl (C=O) groups is 1. The molecule has 0 bridgehead atoms. The summed E-state index contributed by atoms with van der Waals surface area (Å²) in [4.78, 5) is 14.6. The third-order valence-corrected chi connectivity index (χ3v) is 4.57. The molecule has 0 aliphatic heterocycles. The lowest BCUT2D eigenvalue weighted by Crippen LogP contribution is -2.34. The fourth-order valence-corrected chi connectivity index (χ4v) is 3.11. The Balaban J connectivity index is 1.64. The molecule has 0 atom stereocenters. The van der Waals surface area contributed by atoms with Crippen LogP contribution in [-0.2, 0) is 11.3 Å². The molecule has 1 aliphatic rings. The van der Waals surface area contributed by atoms with Gasteiger partial charge in [0.15, 0.2) is 11.5 Å². The highest BCUT2D eigenvalue weighted by molar-refractivity contribution is 5.92. The van der Waals surface area contributed by atoms with E-state index in [1.165, 1.54) is 6.07 Å². The Bertz CT molecular complexity index is 808. The van der Waals surface area contributed by atoms with E-state index in [0.29, 0.717) is 48.6 Å². The molecule has 28 heavy (non-hydrogen) atoms. The molecule has 1 fully saturated rings. The fourth-order valence-electron chi connectivity index (χ4n) is 3.11. The van der Waals surface area contributed by atoms with Gasteiger partial charge in [0.25, 0.3) is 0 Å². The number of anilines is 1. The molecule has 1 saturated carbocycles. The van der Waals surface area contributed by atoms with Crippen LogP contribution in [0.25, 0.3) is 0 Å². The fraction of sp³-hybridized carbons (Fsp3) is 0.409. The number of rotatable bonds is 10. The average molecular weight is 386 g/mol. The lowest BCUT2D eigenvalue weighted by Gasteiger charge is -2.22. The number of amides is 1. The van der Waals surface area contributed by atoms with E-state index in [2.05, 4.69) is 5.32 Å². The van der Waals surface area contributed by atoms with Gasteiger partial charge in [-0.25, -0.2) is 4.39 Å². The number of ether oxygens (including phenoxy) is 2. The van der Waals surface area contributed by atoms with Gasteiger partial charge in [-0.05, 0) is 44.9 Å². The van der Waals surface area contributed by atoms with Crippen molar-refractivity contribution in [2.75, 3.05) is 25.1 Å². The zero-order valence-electron chi connectivity index (χ0n) is 16.4.